The van der Waals surface area contributed by atoms with Gasteiger partial charge in [-0.2, -0.15) is 0 Å². The predicted molar refractivity (Wildman–Crippen MR) is 111 cm³/mol. The monoisotopic (exact) mass is 405 g/mol. The molecule has 4 rings (SSSR count). The number of hydrogen-bond donors (Lipinski definition) is 2. The first kappa shape index (κ1) is 19.4. The lowest BCUT2D eigenvalue weighted by molar-refractivity contribution is -0.115. The summed E-state index contributed by atoms with van der Waals surface area (Å²) in [5.74, 6) is -0.0974. The Balaban J connectivity index is 1.54. The molecule has 1 saturated heterocycles. The molecule has 1 aliphatic heterocycles. The Kier molecular flexibility index (Phi) is 5.10. The number of carbonyl (C=O) groups is 2. The molecule has 1 fully saturated rings. The highest BCUT2D eigenvalue weighted by Gasteiger charge is 2.23. The van der Waals surface area contributed by atoms with Gasteiger partial charge in [-0.15, -0.1) is 0 Å². The summed E-state index contributed by atoms with van der Waals surface area (Å²) in [7, 11) is 0. The van der Waals surface area contributed by atoms with Gasteiger partial charge in [-0.05, 0) is 61.9 Å². The molecule has 2 heterocycles. The van der Waals surface area contributed by atoms with E-state index >= 15 is 0 Å². The third kappa shape index (κ3) is 3.82. The van der Waals surface area contributed by atoms with E-state index < -0.39 is 11.9 Å². The number of imide groups is 1. The summed E-state index contributed by atoms with van der Waals surface area (Å²) in [6, 6.07) is 15.4. The van der Waals surface area contributed by atoms with Crippen LogP contribution in [0.15, 0.2) is 60.3 Å². The molecular formula is C23H20FN3O3. The number of halogens is 1. The molecule has 6 nitrogen and oxygen atoms in total. The van der Waals surface area contributed by atoms with Gasteiger partial charge >= 0.3 is 6.03 Å². The minimum atomic E-state index is -0.522. The van der Waals surface area contributed by atoms with Crippen LogP contribution in [0.2, 0.25) is 0 Å². The van der Waals surface area contributed by atoms with Gasteiger partial charge in [-0.25, -0.2) is 9.18 Å². The maximum Gasteiger partial charge on any atom is 0.326 e. The van der Waals surface area contributed by atoms with Crippen LogP contribution < -0.4 is 15.4 Å². The Morgan fingerprint density at radius 1 is 1.03 bits per heavy atom. The number of amides is 3. The van der Waals surface area contributed by atoms with Crippen LogP contribution >= 0.6 is 0 Å². The molecular weight excluding hydrogens is 385 g/mol. The number of hydrogen-bond acceptors (Lipinski definition) is 3. The van der Waals surface area contributed by atoms with Gasteiger partial charge in [0.1, 0.15) is 23.9 Å². The minimum Gasteiger partial charge on any atom is -0.489 e. The highest BCUT2D eigenvalue weighted by molar-refractivity contribution is 6.14. The van der Waals surface area contributed by atoms with Gasteiger partial charge in [-0.1, -0.05) is 18.2 Å². The zero-order valence-corrected chi connectivity index (χ0v) is 16.5. The molecule has 3 aromatic rings. The minimum absolute atomic E-state index is 0.152. The van der Waals surface area contributed by atoms with Crippen molar-refractivity contribution in [2.45, 2.75) is 20.5 Å². The third-order valence-electron chi connectivity index (χ3n) is 4.94. The SMILES string of the molecule is Cc1cc(C=C2NC(=O)NC2=O)c(C)n1-c1ccc(OCc2ccccc2F)cc1. The Bertz CT molecular complexity index is 1160. The number of nitrogens with one attached hydrogen (secondary N) is 2. The fourth-order valence-electron chi connectivity index (χ4n) is 3.44. The van der Waals surface area contributed by atoms with Crippen LogP contribution in [-0.2, 0) is 11.4 Å². The lowest BCUT2D eigenvalue weighted by Crippen LogP contribution is -2.22. The number of aryl methyl sites for hydroxylation is 1. The molecule has 1 aromatic heterocycles. The molecule has 30 heavy (non-hydrogen) atoms. The van der Waals surface area contributed by atoms with Crippen LogP contribution in [0.3, 0.4) is 0 Å². The van der Waals surface area contributed by atoms with Crippen LogP contribution in [0.1, 0.15) is 22.5 Å². The Morgan fingerprint density at radius 2 is 1.77 bits per heavy atom. The lowest BCUT2D eigenvalue weighted by atomic mass is 10.2. The average Bonchev–Trinajstić information content (AvgIpc) is 3.19. The van der Waals surface area contributed by atoms with E-state index in [1.54, 1.807) is 24.3 Å². The normalized spacial score (nSPS) is 14.7. The van der Waals surface area contributed by atoms with E-state index in [0.717, 1.165) is 22.6 Å². The second-order valence-electron chi connectivity index (χ2n) is 7.00. The molecule has 152 valence electrons. The van der Waals surface area contributed by atoms with Gasteiger partial charge in [0.2, 0.25) is 0 Å². The van der Waals surface area contributed by atoms with Crippen LogP contribution in [-0.4, -0.2) is 16.5 Å². The first-order chi connectivity index (χ1) is 14.4. The summed E-state index contributed by atoms with van der Waals surface area (Å²) in [6.45, 7) is 4.06. The second kappa shape index (κ2) is 7.87. The van der Waals surface area contributed by atoms with E-state index in [-0.39, 0.29) is 18.1 Å². The molecule has 2 aromatic carbocycles. The Hall–Kier alpha value is -3.87. The van der Waals surface area contributed by atoms with Crippen molar-refractivity contribution in [1.82, 2.24) is 15.2 Å². The number of carbonyl (C=O) groups excluding carboxylic acids is 2. The van der Waals surface area contributed by atoms with E-state index in [0.29, 0.717) is 11.3 Å². The van der Waals surface area contributed by atoms with Crippen molar-refractivity contribution in [2.75, 3.05) is 0 Å². The van der Waals surface area contributed by atoms with Gasteiger partial charge in [0.25, 0.3) is 5.91 Å². The first-order valence-corrected chi connectivity index (χ1v) is 9.42. The Labute approximate surface area is 173 Å². The van der Waals surface area contributed by atoms with E-state index in [1.165, 1.54) is 6.07 Å². The van der Waals surface area contributed by atoms with Crippen LogP contribution in [0.4, 0.5) is 9.18 Å². The number of benzene rings is 2. The summed E-state index contributed by atoms with van der Waals surface area (Å²) < 4.78 is 21.5. The van der Waals surface area contributed by atoms with E-state index in [1.807, 2.05) is 48.7 Å². The number of urea groups is 1. The lowest BCUT2D eigenvalue weighted by Gasteiger charge is -2.12. The molecule has 0 saturated carbocycles. The molecule has 2 N–H and O–H groups in total. The van der Waals surface area contributed by atoms with E-state index in [2.05, 4.69) is 10.6 Å². The van der Waals surface area contributed by atoms with Gasteiger partial charge in [0.05, 0.1) is 0 Å². The first-order valence-electron chi connectivity index (χ1n) is 9.42. The highest BCUT2D eigenvalue weighted by Crippen LogP contribution is 2.25. The van der Waals surface area contributed by atoms with Crippen LogP contribution in [0.25, 0.3) is 11.8 Å². The number of nitrogens with zero attached hydrogens (tertiary/aromatic N) is 1. The van der Waals surface area contributed by atoms with Crippen molar-refractivity contribution < 1.29 is 18.7 Å². The van der Waals surface area contributed by atoms with Crippen molar-refractivity contribution in [3.63, 3.8) is 0 Å². The maximum atomic E-state index is 13.7. The van der Waals surface area contributed by atoms with Crippen molar-refractivity contribution in [3.05, 3.63) is 88.6 Å². The van der Waals surface area contributed by atoms with Crippen molar-refractivity contribution in [3.8, 4) is 11.4 Å². The molecule has 7 heteroatoms. The molecule has 0 spiro atoms. The van der Waals surface area contributed by atoms with Gasteiger partial charge < -0.3 is 14.6 Å². The summed E-state index contributed by atoms with van der Waals surface area (Å²) >= 11 is 0. The quantitative estimate of drug-likeness (QED) is 0.498. The van der Waals surface area contributed by atoms with Gasteiger partial charge in [-0.3, -0.25) is 10.1 Å². The van der Waals surface area contributed by atoms with E-state index in [4.69, 9.17) is 4.74 Å². The summed E-state index contributed by atoms with van der Waals surface area (Å²) in [5, 5.41) is 4.69. The molecule has 3 amide bonds. The molecule has 0 aliphatic carbocycles. The molecule has 0 radical (unpaired) electrons. The number of aromatic nitrogens is 1. The Morgan fingerprint density at radius 3 is 2.43 bits per heavy atom. The summed E-state index contributed by atoms with van der Waals surface area (Å²) in [6.07, 6.45) is 1.66. The average molecular weight is 405 g/mol. The maximum absolute atomic E-state index is 13.7. The van der Waals surface area contributed by atoms with Crippen molar-refractivity contribution in [2.24, 2.45) is 0 Å². The predicted octanol–water partition coefficient (Wildman–Crippen LogP) is 3.99. The molecule has 0 unspecified atom stereocenters. The van der Waals surface area contributed by atoms with Crippen molar-refractivity contribution in [1.29, 1.82) is 0 Å². The van der Waals surface area contributed by atoms with Gasteiger partial charge in [0.15, 0.2) is 0 Å². The fourth-order valence-corrected chi connectivity index (χ4v) is 3.44. The fraction of sp³-hybridized carbons (Fsp3) is 0.130. The van der Waals surface area contributed by atoms with E-state index in [9.17, 15) is 14.0 Å². The largest absolute Gasteiger partial charge is 0.489 e. The summed E-state index contributed by atoms with van der Waals surface area (Å²) in [5.41, 5.74) is 4.38. The standard InChI is InChI=1S/C23H20FN3O3/c1-14-11-17(12-21-22(28)26-23(29)25-21)15(2)27(14)18-7-9-19(10-8-18)30-13-16-5-3-4-6-20(16)24/h3-12H,13H2,1-2H3,(H2,25,26,28,29). The molecule has 0 atom stereocenters. The number of rotatable bonds is 5. The zero-order valence-electron chi connectivity index (χ0n) is 16.5. The van der Waals surface area contributed by atoms with Crippen LogP contribution in [0.5, 0.6) is 5.75 Å². The van der Waals surface area contributed by atoms with Gasteiger partial charge in [0, 0.05) is 22.6 Å². The second-order valence-corrected chi connectivity index (χ2v) is 7.00. The van der Waals surface area contributed by atoms with Crippen LogP contribution in [0, 0.1) is 19.7 Å². The number of ether oxygens (including phenoxy) is 1. The molecule has 0 bridgehead atoms. The third-order valence-corrected chi connectivity index (χ3v) is 4.94. The van der Waals surface area contributed by atoms with Crippen molar-refractivity contribution >= 4 is 18.0 Å². The smallest absolute Gasteiger partial charge is 0.326 e. The zero-order chi connectivity index (χ0) is 21.3. The summed E-state index contributed by atoms with van der Waals surface area (Å²) in [4.78, 5) is 23.1. The topological polar surface area (TPSA) is 72.4 Å². The highest BCUT2D eigenvalue weighted by atomic mass is 19.1. The molecule has 1 aliphatic rings.